The van der Waals surface area contributed by atoms with E-state index in [4.69, 9.17) is 14.2 Å². The average Bonchev–Trinajstić information content (AvgIpc) is 3.34. The Kier molecular flexibility index (Phi) is 57.3. The van der Waals surface area contributed by atoms with Crippen molar-refractivity contribution in [3.05, 3.63) is 48.6 Å². The summed E-state index contributed by atoms with van der Waals surface area (Å²) in [6.07, 6.45) is 74.4. The molecule has 0 fully saturated rings. The monoisotopic (exact) mass is 953 g/mol. The normalized spacial score (nSPS) is 12.5. The Balaban J connectivity index is 4.24. The summed E-state index contributed by atoms with van der Waals surface area (Å²) in [7, 11) is 0. The fourth-order valence-corrected chi connectivity index (χ4v) is 8.93. The predicted molar refractivity (Wildman–Crippen MR) is 298 cm³/mol. The molecule has 0 aromatic rings. The number of esters is 2. The van der Waals surface area contributed by atoms with E-state index >= 15 is 0 Å². The molecular formula is C63H116O5. The van der Waals surface area contributed by atoms with Gasteiger partial charge in [0.25, 0.3) is 0 Å². The van der Waals surface area contributed by atoms with Gasteiger partial charge in [0, 0.05) is 19.4 Å². The lowest BCUT2D eigenvalue weighted by Crippen LogP contribution is -2.30. The van der Waals surface area contributed by atoms with Crippen molar-refractivity contribution in [2.45, 2.75) is 322 Å². The number of rotatable bonds is 56. The van der Waals surface area contributed by atoms with Crippen LogP contribution in [-0.4, -0.2) is 37.9 Å². The topological polar surface area (TPSA) is 61.8 Å². The van der Waals surface area contributed by atoms with Crippen LogP contribution in [0.15, 0.2) is 48.6 Å². The molecule has 0 N–H and O–H groups in total. The van der Waals surface area contributed by atoms with Crippen molar-refractivity contribution in [1.29, 1.82) is 0 Å². The number of hydrogen-bond donors (Lipinski definition) is 0. The summed E-state index contributed by atoms with van der Waals surface area (Å²) in [6, 6.07) is 0. The Labute approximate surface area is 424 Å². The van der Waals surface area contributed by atoms with Crippen molar-refractivity contribution in [3.8, 4) is 0 Å². The van der Waals surface area contributed by atoms with E-state index in [1.54, 1.807) is 0 Å². The van der Waals surface area contributed by atoms with E-state index in [1.165, 1.54) is 218 Å². The van der Waals surface area contributed by atoms with Crippen molar-refractivity contribution in [2.75, 3.05) is 19.8 Å². The Morgan fingerprint density at radius 2 is 0.647 bits per heavy atom. The summed E-state index contributed by atoms with van der Waals surface area (Å²) in [4.78, 5) is 25.6. The molecule has 1 atom stereocenters. The highest BCUT2D eigenvalue weighted by Crippen LogP contribution is 2.17. The van der Waals surface area contributed by atoms with Gasteiger partial charge in [-0.25, -0.2) is 0 Å². The standard InChI is InChI=1S/C63H116O5/c1-4-7-10-13-16-19-22-25-28-30-32-34-36-38-41-44-47-50-53-56-62(64)67-60-61(59-66-58-55-52-49-46-43-40-27-24-21-18-15-12-9-6-3)68-63(65)57-54-51-48-45-42-39-37-35-33-31-29-26-23-20-17-14-11-8-5-2/h9,12,18,21,27,40,46,49,61H,4-8,10-11,13-17,19-20,22-26,28-39,41-45,47-48,50-60H2,1-3H3/b12-9-,21-18-,40-27-,49-46-. The second kappa shape index (κ2) is 59.2. The van der Waals surface area contributed by atoms with Crippen molar-refractivity contribution in [1.82, 2.24) is 0 Å². The van der Waals surface area contributed by atoms with Crippen LogP contribution in [0, 0.1) is 0 Å². The van der Waals surface area contributed by atoms with Crippen molar-refractivity contribution >= 4 is 11.9 Å². The Bertz CT molecular complexity index is 1120. The highest BCUT2D eigenvalue weighted by Gasteiger charge is 2.17. The van der Waals surface area contributed by atoms with E-state index in [0.29, 0.717) is 19.4 Å². The molecule has 0 spiro atoms. The lowest BCUT2D eigenvalue weighted by molar-refractivity contribution is -0.163. The third-order valence-electron chi connectivity index (χ3n) is 13.4. The number of ether oxygens (including phenoxy) is 3. The minimum absolute atomic E-state index is 0.0692. The number of carbonyl (C=O) groups excluding carboxylic acids is 2. The van der Waals surface area contributed by atoms with E-state index < -0.39 is 6.10 Å². The number of carbonyl (C=O) groups is 2. The third kappa shape index (κ3) is 56.4. The summed E-state index contributed by atoms with van der Waals surface area (Å²) in [5.41, 5.74) is 0. The van der Waals surface area contributed by atoms with E-state index in [1.807, 2.05) is 0 Å². The molecule has 0 saturated carbocycles. The first-order valence-corrected chi connectivity index (χ1v) is 30.2. The lowest BCUT2D eigenvalue weighted by atomic mass is 10.0. The van der Waals surface area contributed by atoms with Crippen LogP contribution in [0.5, 0.6) is 0 Å². The van der Waals surface area contributed by atoms with E-state index in [-0.39, 0.29) is 25.2 Å². The second-order valence-corrected chi connectivity index (χ2v) is 20.2. The Morgan fingerprint density at radius 3 is 1.00 bits per heavy atom. The van der Waals surface area contributed by atoms with Gasteiger partial charge < -0.3 is 14.2 Å². The van der Waals surface area contributed by atoms with Crippen molar-refractivity contribution in [2.24, 2.45) is 0 Å². The molecule has 5 heteroatoms. The summed E-state index contributed by atoms with van der Waals surface area (Å²) in [6.45, 7) is 7.65. The van der Waals surface area contributed by atoms with Crippen LogP contribution in [0.3, 0.4) is 0 Å². The summed E-state index contributed by atoms with van der Waals surface area (Å²) < 4.78 is 17.4. The molecule has 0 saturated heterocycles. The first-order valence-electron chi connectivity index (χ1n) is 30.2. The van der Waals surface area contributed by atoms with Gasteiger partial charge >= 0.3 is 11.9 Å². The van der Waals surface area contributed by atoms with Gasteiger partial charge in [0.1, 0.15) is 6.61 Å². The van der Waals surface area contributed by atoms with E-state index in [0.717, 1.165) is 64.2 Å². The minimum atomic E-state index is -0.561. The van der Waals surface area contributed by atoms with Gasteiger partial charge in [-0.15, -0.1) is 0 Å². The Hall–Kier alpha value is -2.14. The molecule has 0 aromatic carbocycles. The minimum Gasteiger partial charge on any atom is -0.462 e. The first kappa shape index (κ1) is 65.9. The zero-order valence-corrected chi connectivity index (χ0v) is 45.9. The molecule has 398 valence electrons. The molecule has 0 amide bonds. The molecule has 0 aliphatic carbocycles. The third-order valence-corrected chi connectivity index (χ3v) is 13.4. The van der Waals surface area contributed by atoms with Gasteiger partial charge in [-0.3, -0.25) is 9.59 Å². The summed E-state index contributed by atoms with van der Waals surface area (Å²) >= 11 is 0. The molecule has 0 aliphatic heterocycles. The van der Waals surface area contributed by atoms with E-state index in [2.05, 4.69) is 69.4 Å². The molecule has 68 heavy (non-hydrogen) atoms. The molecule has 1 unspecified atom stereocenters. The molecule has 0 rings (SSSR count). The van der Waals surface area contributed by atoms with E-state index in [9.17, 15) is 9.59 Å². The Morgan fingerprint density at radius 1 is 0.338 bits per heavy atom. The van der Waals surface area contributed by atoms with Crippen LogP contribution in [0.2, 0.25) is 0 Å². The second-order valence-electron chi connectivity index (χ2n) is 20.2. The number of allylic oxidation sites excluding steroid dienone is 8. The number of hydrogen-bond acceptors (Lipinski definition) is 5. The average molecular weight is 954 g/mol. The molecule has 0 radical (unpaired) electrons. The summed E-state index contributed by atoms with van der Waals surface area (Å²) in [5.74, 6) is -0.406. The van der Waals surface area contributed by atoms with Crippen molar-refractivity contribution < 1.29 is 23.8 Å². The maximum atomic E-state index is 12.9. The molecule has 0 heterocycles. The predicted octanol–water partition coefficient (Wildman–Crippen LogP) is 20.7. The molecular weight excluding hydrogens is 837 g/mol. The fourth-order valence-electron chi connectivity index (χ4n) is 8.93. The van der Waals surface area contributed by atoms with Crippen molar-refractivity contribution in [3.63, 3.8) is 0 Å². The molecule has 5 nitrogen and oxygen atoms in total. The van der Waals surface area contributed by atoms with Gasteiger partial charge in [-0.1, -0.05) is 301 Å². The smallest absolute Gasteiger partial charge is 0.306 e. The van der Waals surface area contributed by atoms with Gasteiger partial charge in [0.2, 0.25) is 0 Å². The van der Waals surface area contributed by atoms with Gasteiger partial charge in [0.15, 0.2) is 6.10 Å². The quantitative estimate of drug-likeness (QED) is 0.0345. The maximum absolute atomic E-state index is 12.9. The zero-order valence-electron chi connectivity index (χ0n) is 45.9. The van der Waals surface area contributed by atoms with Crippen LogP contribution in [0.1, 0.15) is 316 Å². The molecule has 0 bridgehead atoms. The largest absolute Gasteiger partial charge is 0.462 e. The van der Waals surface area contributed by atoms with Crippen LogP contribution in [0.4, 0.5) is 0 Å². The molecule has 0 aliphatic rings. The van der Waals surface area contributed by atoms with Crippen LogP contribution < -0.4 is 0 Å². The zero-order chi connectivity index (χ0) is 49.2. The summed E-state index contributed by atoms with van der Waals surface area (Å²) in [5, 5.41) is 0. The number of unbranched alkanes of at least 4 members (excludes halogenated alkanes) is 37. The van der Waals surface area contributed by atoms with Crippen LogP contribution in [0.25, 0.3) is 0 Å². The fraction of sp³-hybridized carbons (Fsp3) is 0.841. The van der Waals surface area contributed by atoms with Crippen LogP contribution in [-0.2, 0) is 23.8 Å². The molecule has 0 aromatic heterocycles. The SMILES string of the molecule is CC/C=C\C/C=C\C/C=C\C/C=C\CCCOCC(COC(=O)CCCCCCCCCCCCCCCCCCCCC)OC(=O)CCCCCCCCCCCCCCCCCCCCC. The highest BCUT2D eigenvalue weighted by atomic mass is 16.6. The van der Waals surface area contributed by atoms with Gasteiger partial charge in [-0.2, -0.15) is 0 Å². The lowest BCUT2D eigenvalue weighted by Gasteiger charge is -2.18. The highest BCUT2D eigenvalue weighted by molar-refractivity contribution is 5.70. The maximum Gasteiger partial charge on any atom is 0.306 e. The van der Waals surface area contributed by atoms with Gasteiger partial charge in [0.05, 0.1) is 6.61 Å². The van der Waals surface area contributed by atoms with Gasteiger partial charge in [-0.05, 0) is 51.4 Å². The van der Waals surface area contributed by atoms with Crippen LogP contribution >= 0.6 is 0 Å². The first-order chi connectivity index (χ1) is 33.6.